The third-order valence-corrected chi connectivity index (χ3v) is 3.93. The van der Waals surface area contributed by atoms with Crippen molar-refractivity contribution in [2.75, 3.05) is 6.61 Å². The molecule has 0 spiro atoms. The van der Waals surface area contributed by atoms with Gasteiger partial charge in [0.1, 0.15) is 5.75 Å². The van der Waals surface area contributed by atoms with Crippen LogP contribution in [0, 0.1) is 13.8 Å². The van der Waals surface area contributed by atoms with Crippen molar-refractivity contribution in [3.63, 3.8) is 0 Å². The Bertz CT molecular complexity index is 947. The molecule has 28 heavy (non-hydrogen) atoms. The molecule has 2 N–H and O–H groups in total. The molecule has 0 saturated carbocycles. The highest BCUT2D eigenvalue weighted by molar-refractivity contribution is 5.83. The van der Waals surface area contributed by atoms with Gasteiger partial charge in [-0.05, 0) is 54.8 Å². The summed E-state index contributed by atoms with van der Waals surface area (Å²) in [4.78, 5) is 23.9. The van der Waals surface area contributed by atoms with Gasteiger partial charge < -0.3 is 4.74 Å². The van der Waals surface area contributed by atoms with E-state index < -0.39 is 5.91 Å². The van der Waals surface area contributed by atoms with E-state index in [1.807, 2.05) is 62.4 Å². The fraction of sp³-hybridized carbons (Fsp3) is 0.190. The van der Waals surface area contributed by atoms with E-state index in [4.69, 9.17) is 4.74 Å². The molecule has 3 aromatic rings. The number of aromatic nitrogens is 2. The van der Waals surface area contributed by atoms with E-state index in [1.54, 1.807) is 17.1 Å². The van der Waals surface area contributed by atoms with Gasteiger partial charge in [0.05, 0.1) is 18.3 Å². The van der Waals surface area contributed by atoms with Gasteiger partial charge in [-0.2, -0.15) is 5.10 Å². The van der Waals surface area contributed by atoms with Crippen molar-refractivity contribution in [3.05, 3.63) is 77.6 Å². The molecular formula is C21H22N4O3. The molecule has 1 aromatic heterocycles. The van der Waals surface area contributed by atoms with Crippen LogP contribution < -0.4 is 15.6 Å². The van der Waals surface area contributed by atoms with Gasteiger partial charge >= 0.3 is 0 Å². The number of rotatable bonds is 6. The maximum atomic E-state index is 12.0. The third kappa shape index (κ3) is 5.44. The van der Waals surface area contributed by atoms with E-state index in [1.165, 1.54) is 0 Å². The molecule has 1 heterocycles. The highest BCUT2D eigenvalue weighted by atomic mass is 16.5. The van der Waals surface area contributed by atoms with Crippen molar-refractivity contribution in [1.82, 2.24) is 20.6 Å². The highest BCUT2D eigenvalue weighted by Crippen LogP contribution is 2.15. The number of ether oxygens (including phenoxy) is 1. The van der Waals surface area contributed by atoms with Crippen LogP contribution in [-0.2, 0) is 16.0 Å². The van der Waals surface area contributed by atoms with Gasteiger partial charge in [0.15, 0.2) is 6.61 Å². The second kappa shape index (κ2) is 8.85. The molecular weight excluding hydrogens is 356 g/mol. The minimum absolute atomic E-state index is 0.102. The molecule has 0 saturated heterocycles. The van der Waals surface area contributed by atoms with Crippen LogP contribution in [0.2, 0.25) is 0 Å². The van der Waals surface area contributed by atoms with Gasteiger partial charge in [0.25, 0.3) is 5.91 Å². The summed E-state index contributed by atoms with van der Waals surface area (Å²) in [7, 11) is 0. The minimum Gasteiger partial charge on any atom is -0.484 e. The van der Waals surface area contributed by atoms with E-state index in [0.717, 1.165) is 22.4 Å². The lowest BCUT2D eigenvalue weighted by molar-refractivity contribution is -0.129. The van der Waals surface area contributed by atoms with Gasteiger partial charge in [0, 0.05) is 6.20 Å². The number of carbonyl (C=O) groups is 2. The number of aryl methyl sites for hydroxylation is 2. The van der Waals surface area contributed by atoms with Crippen LogP contribution in [0.25, 0.3) is 5.69 Å². The van der Waals surface area contributed by atoms with E-state index in [0.29, 0.717) is 5.75 Å². The lowest BCUT2D eigenvalue weighted by Gasteiger charge is -2.09. The van der Waals surface area contributed by atoms with E-state index in [2.05, 4.69) is 16.0 Å². The smallest absolute Gasteiger partial charge is 0.276 e. The molecule has 0 aliphatic heterocycles. The number of benzene rings is 2. The van der Waals surface area contributed by atoms with Crippen molar-refractivity contribution in [2.45, 2.75) is 20.3 Å². The van der Waals surface area contributed by atoms with Gasteiger partial charge in [0.2, 0.25) is 5.91 Å². The predicted molar refractivity (Wildman–Crippen MR) is 105 cm³/mol. The number of hydrogen-bond acceptors (Lipinski definition) is 4. The van der Waals surface area contributed by atoms with Gasteiger partial charge in [-0.3, -0.25) is 20.4 Å². The molecule has 0 fully saturated rings. The first kappa shape index (κ1) is 19.2. The largest absolute Gasteiger partial charge is 0.484 e. The number of nitrogens with zero attached hydrogens (tertiary/aromatic N) is 2. The molecule has 3 rings (SSSR count). The first-order valence-corrected chi connectivity index (χ1v) is 8.87. The van der Waals surface area contributed by atoms with E-state index >= 15 is 0 Å². The van der Waals surface area contributed by atoms with Gasteiger partial charge in [-0.1, -0.05) is 24.3 Å². The quantitative estimate of drug-likeness (QED) is 0.645. The Morgan fingerprint density at radius 1 is 1.00 bits per heavy atom. The predicted octanol–water partition coefficient (Wildman–Crippen LogP) is 2.26. The van der Waals surface area contributed by atoms with Crippen molar-refractivity contribution in [1.29, 1.82) is 0 Å². The number of hydrazine groups is 1. The van der Waals surface area contributed by atoms with Crippen LogP contribution in [0.1, 0.15) is 16.7 Å². The van der Waals surface area contributed by atoms with Crippen LogP contribution >= 0.6 is 0 Å². The summed E-state index contributed by atoms with van der Waals surface area (Å²) in [5.41, 5.74) is 8.49. The van der Waals surface area contributed by atoms with E-state index in [9.17, 15) is 9.59 Å². The van der Waals surface area contributed by atoms with Crippen LogP contribution in [0.4, 0.5) is 0 Å². The minimum atomic E-state index is -0.438. The average Bonchev–Trinajstić information content (AvgIpc) is 3.13. The first-order valence-electron chi connectivity index (χ1n) is 8.87. The van der Waals surface area contributed by atoms with Crippen molar-refractivity contribution >= 4 is 11.8 Å². The lowest BCUT2D eigenvalue weighted by atomic mass is 10.1. The summed E-state index contributed by atoms with van der Waals surface area (Å²) < 4.78 is 7.15. The van der Waals surface area contributed by atoms with Crippen LogP contribution in [0.15, 0.2) is 60.9 Å². The number of para-hydroxylation sites is 1. The molecule has 0 atom stereocenters. The number of nitrogens with one attached hydrogen (secondary N) is 2. The van der Waals surface area contributed by atoms with Crippen LogP contribution in [0.3, 0.4) is 0 Å². The number of carbonyl (C=O) groups excluding carboxylic acids is 2. The molecule has 2 amide bonds. The Kier molecular flexibility index (Phi) is 6.06. The molecule has 7 heteroatoms. The number of hydrogen-bond donors (Lipinski definition) is 2. The second-order valence-corrected chi connectivity index (χ2v) is 6.51. The molecule has 2 aromatic carbocycles. The zero-order valence-electron chi connectivity index (χ0n) is 15.8. The third-order valence-electron chi connectivity index (χ3n) is 3.93. The molecule has 0 radical (unpaired) electrons. The number of amides is 2. The molecule has 0 bridgehead atoms. The highest BCUT2D eigenvalue weighted by Gasteiger charge is 2.09. The zero-order valence-corrected chi connectivity index (χ0v) is 15.8. The summed E-state index contributed by atoms with van der Waals surface area (Å²) in [6, 6.07) is 15.3. The van der Waals surface area contributed by atoms with Crippen molar-refractivity contribution in [3.8, 4) is 11.4 Å². The monoisotopic (exact) mass is 378 g/mol. The summed E-state index contributed by atoms with van der Waals surface area (Å²) >= 11 is 0. The molecule has 7 nitrogen and oxygen atoms in total. The fourth-order valence-electron chi connectivity index (χ4n) is 2.74. The van der Waals surface area contributed by atoms with Crippen LogP contribution in [0.5, 0.6) is 5.75 Å². The second-order valence-electron chi connectivity index (χ2n) is 6.51. The van der Waals surface area contributed by atoms with Crippen molar-refractivity contribution < 1.29 is 14.3 Å². The molecule has 0 aliphatic rings. The summed E-state index contributed by atoms with van der Waals surface area (Å²) in [6.07, 6.45) is 3.50. The van der Waals surface area contributed by atoms with Gasteiger partial charge in [-0.25, -0.2) is 4.68 Å². The summed E-state index contributed by atoms with van der Waals surface area (Å²) in [5, 5.41) is 4.24. The maximum absolute atomic E-state index is 12.0. The molecule has 144 valence electrons. The van der Waals surface area contributed by atoms with E-state index in [-0.39, 0.29) is 18.9 Å². The maximum Gasteiger partial charge on any atom is 0.276 e. The summed E-state index contributed by atoms with van der Waals surface area (Å²) in [6.45, 7) is 3.73. The Morgan fingerprint density at radius 2 is 1.68 bits per heavy atom. The standard InChI is InChI=1S/C21H22N4O3/c1-15-8-16(2)10-19(9-15)28-14-21(27)24-23-20(26)11-17-12-22-25(13-17)18-6-4-3-5-7-18/h3-10,12-13H,11,14H2,1-2H3,(H,23,26)(H,24,27). The first-order chi connectivity index (χ1) is 13.5. The SMILES string of the molecule is Cc1cc(C)cc(OCC(=O)NNC(=O)Cc2cnn(-c3ccccc3)c2)c1. The average molecular weight is 378 g/mol. The molecule has 0 unspecified atom stereocenters. The van der Waals surface area contributed by atoms with Gasteiger partial charge in [-0.15, -0.1) is 0 Å². The normalized spacial score (nSPS) is 10.4. The fourth-order valence-corrected chi connectivity index (χ4v) is 2.74. The topological polar surface area (TPSA) is 85.2 Å². The Hall–Kier alpha value is -3.61. The Balaban J connectivity index is 1.44. The molecule has 0 aliphatic carbocycles. The lowest BCUT2D eigenvalue weighted by Crippen LogP contribution is -2.44. The Morgan fingerprint density at radius 3 is 2.39 bits per heavy atom. The summed E-state index contributed by atoms with van der Waals surface area (Å²) in [5.74, 6) is -0.160. The Labute approximate surface area is 163 Å². The van der Waals surface area contributed by atoms with Crippen LogP contribution in [-0.4, -0.2) is 28.2 Å². The van der Waals surface area contributed by atoms with Crippen molar-refractivity contribution in [2.24, 2.45) is 0 Å². The zero-order chi connectivity index (χ0) is 19.9.